The van der Waals surface area contributed by atoms with Gasteiger partial charge in [0, 0.05) is 18.2 Å². The molecule has 0 saturated carbocycles. The second-order valence-electron chi connectivity index (χ2n) is 6.70. The van der Waals surface area contributed by atoms with Crippen molar-refractivity contribution in [2.45, 2.75) is 25.2 Å². The number of cyclic esters (lactones) is 1. The van der Waals surface area contributed by atoms with Gasteiger partial charge in [0.15, 0.2) is 16.1 Å². The molecule has 2 aliphatic heterocycles. The molecular formula is C19H18FNO4S. The van der Waals surface area contributed by atoms with E-state index in [0.29, 0.717) is 18.5 Å². The summed E-state index contributed by atoms with van der Waals surface area (Å²) >= 11 is 0. The first-order valence-electron chi connectivity index (χ1n) is 8.43. The lowest BCUT2D eigenvalue weighted by Crippen LogP contribution is -2.39. The average molecular weight is 375 g/mol. The van der Waals surface area contributed by atoms with Crippen LogP contribution < -0.4 is 0 Å². The van der Waals surface area contributed by atoms with E-state index in [2.05, 4.69) is 0 Å². The van der Waals surface area contributed by atoms with Crippen LogP contribution in [-0.4, -0.2) is 36.8 Å². The molecule has 2 heterocycles. The van der Waals surface area contributed by atoms with Crippen molar-refractivity contribution in [2.75, 3.05) is 11.5 Å². The van der Waals surface area contributed by atoms with E-state index >= 15 is 0 Å². The van der Waals surface area contributed by atoms with Crippen LogP contribution in [0, 0.1) is 5.82 Å². The summed E-state index contributed by atoms with van der Waals surface area (Å²) in [5.41, 5.74) is 2.07. The number of sulfone groups is 1. The van der Waals surface area contributed by atoms with Gasteiger partial charge in [-0.3, -0.25) is 4.90 Å². The number of hydrogen-bond acceptors (Lipinski definition) is 5. The summed E-state index contributed by atoms with van der Waals surface area (Å²) in [7, 11) is -3.10. The molecule has 2 aromatic carbocycles. The molecule has 4 rings (SSSR count). The van der Waals surface area contributed by atoms with Crippen LogP contribution in [0.15, 0.2) is 48.5 Å². The van der Waals surface area contributed by atoms with E-state index in [4.69, 9.17) is 4.74 Å². The van der Waals surface area contributed by atoms with Gasteiger partial charge in [-0.1, -0.05) is 30.3 Å². The van der Waals surface area contributed by atoms with Gasteiger partial charge in [0.25, 0.3) is 0 Å². The first-order chi connectivity index (χ1) is 12.4. The third kappa shape index (κ3) is 3.24. The summed E-state index contributed by atoms with van der Waals surface area (Å²) in [6.45, 7) is 0.368. The van der Waals surface area contributed by atoms with Gasteiger partial charge in [0.05, 0.1) is 17.1 Å². The Morgan fingerprint density at radius 1 is 1.12 bits per heavy atom. The summed E-state index contributed by atoms with van der Waals surface area (Å²) in [5, 5.41) is 0. The third-order valence-electron chi connectivity index (χ3n) is 4.92. The summed E-state index contributed by atoms with van der Waals surface area (Å²) < 4.78 is 42.8. The highest BCUT2D eigenvalue weighted by Gasteiger charge is 2.41. The normalized spacial score (nSPS) is 23.8. The van der Waals surface area contributed by atoms with Crippen molar-refractivity contribution < 1.29 is 22.3 Å². The lowest BCUT2D eigenvalue weighted by molar-refractivity contribution is -0.0424. The number of fused-ring (bicyclic) bond motifs is 1. The van der Waals surface area contributed by atoms with Gasteiger partial charge in [-0.15, -0.1) is 0 Å². The van der Waals surface area contributed by atoms with Crippen LogP contribution in [0.2, 0.25) is 0 Å². The molecule has 26 heavy (non-hydrogen) atoms. The van der Waals surface area contributed by atoms with Gasteiger partial charge >= 0.3 is 5.97 Å². The molecule has 0 spiro atoms. The monoisotopic (exact) mass is 375 g/mol. The Labute approximate surface area is 151 Å². The zero-order chi connectivity index (χ0) is 18.3. The molecule has 2 aliphatic rings. The maximum absolute atomic E-state index is 13.2. The molecule has 2 aromatic rings. The van der Waals surface area contributed by atoms with Crippen molar-refractivity contribution in [1.29, 1.82) is 0 Å². The number of hydrogen-bond donors (Lipinski definition) is 0. The Hall–Kier alpha value is -2.25. The number of esters is 1. The van der Waals surface area contributed by atoms with Crippen molar-refractivity contribution in [3.05, 3.63) is 71.0 Å². The highest BCUT2D eigenvalue weighted by Crippen LogP contribution is 2.37. The van der Waals surface area contributed by atoms with Crippen LogP contribution in [0.5, 0.6) is 0 Å². The van der Waals surface area contributed by atoms with E-state index in [9.17, 15) is 17.6 Å². The van der Waals surface area contributed by atoms with Crippen LogP contribution in [0.25, 0.3) is 0 Å². The van der Waals surface area contributed by atoms with Crippen molar-refractivity contribution in [3.8, 4) is 0 Å². The standard InChI is InChI=1S/C19H18FNO4S/c20-14-7-5-13(6-8-14)11-21(15-9-10-26(23,24)12-15)18-16-3-1-2-4-17(16)19(22)25-18/h1-8,15,18H,9-12H2. The Morgan fingerprint density at radius 2 is 1.85 bits per heavy atom. The number of carbonyl (C=O) groups excluding carboxylic acids is 1. The molecule has 0 bridgehead atoms. The van der Waals surface area contributed by atoms with E-state index in [1.54, 1.807) is 24.3 Å². The van der Waals surface area contributed by atoms with Gasteiger partial charge in [-0.05, 0) is 30.2 Å². The molecule has 2 unspecified atom stereocenters. The molecular weight excluding hydrogens is 357 g/mol. The molecule has 0 N–H and O–H groups in total. The highest BCUT2D eigenvalue weighted by molar-refractivity contribution is 7.91. The number of benzene rings is 2. The Kier molecular flexibility index (Phi) is 4.28. The smallest absolute Gasteiger partial charge is 0.340 e. The van der Waals surface area contributed by atoms with E-state index in [0.717, 1.165) is 11.1 Å². The fourth-order valence-corrected chi connectivity index (χ4v) is 5.36. The number of rotatable bonds is 4. The lowest BCUT2D eigenvalue weighted by Gasteiger charge is -2.33. The maximum Gasteiger partial charge on any atom is 0.340 e. The molecule has 2 atom stereocenters. The Bertz CT molecular complexity index is 942. The van der Waals surface area contributed by atoms with E-state index < -0.39 is 22.0 Å². The second kappa shape index (κ2) is 6.48. The minimum atomic E-state index is -3.10. The summed E-state index contributed by atoms with van der Waals surface area (Å²) in [5.74, 6) is -0.582. The summed E-state index contributed by atoms with van der Waals surface area (Å²) in [6, 6.07) is 12.9. The first-order valence-corrected chi connectivity index (χ1v) is 10.3. The van der Waals surface area contributed by atoms with Crippen LogP contribution in [0.4, 0.5) is 4.39 Å². The largest absolute Gasteiger partial charge is 0.438 e. The Balaban J connectivity index is 1.69. The first kappa shape index (κ1) is 17.2. The molecule has 7 heteroatoms. The van der Waals surface area contributed by atoms with Crippen molar-refractivity contribution >= 4 is 15.8 Å². The minimum absolute atomic E-state index is 0.0322. The molecule has 0 amide bonds. The van der Waals surface area contributed by atoms with E-state index in [-0.39, 0.29) is 23.4 Å². The zero-order valence-electron chi connectivity index (χ0n) is 14.0. The van der Waals surface area contributed by atoms with Gasteiger partial charge in [-0.2, -0.15) is 0 Å². The predicted octanol–water partition coefficient (Wildman–Crippen LogP) is 2.68. The van der Waals surface area contributed by atoms with Crippen LogP contribution in [-0.2, 0) is 21.1 Å². The predicted molar refractivity (Wildman–Crippen MR) is 93.6 cm³/mol. The summed E-state index contributed by atoms with van der Waals surface area (Å²) in [4.78, 5) is 14.1. The second-order valence-corrected chi connectivity index (χ2v) is 8.93. The fraction of sp³-hybridized carbons (Fsp3) is 0.316. The van der Waals surface area contributed by atoms with E-state index in [1.165, 1.54) is 12.1 Å². The molecule has 0 aliphatic carbocycles. The molecule has 0 radical (unpaired) electrons. The average Bonchev–Trinajstić information content (AvgIpc) is 3.15. The zero-order valence-corrected chi connectivity index (χ0v) is 14.8. The number of nitrogens with zero attached hydrogens (tertiary/aromatic N) is 1. The number of ether oxygens (including phenoxy) is 1. The van der Waals surface area contributed by atoms with Gasteiger partial charge in [0.2, 0.25) is 0 Å². The van der Waals surface area contributed by atoms with Crippen molar-refractivity contribution in [1.82, 2.24) is 4.90 Å². The van der Waals surface area contributed by atoms with Crippen LogP contribution in [0.3, 0.4) is 0 Å². The quantitative estimate of drug-likeness (QED) is 0.769. The third-order valence-corrected chi connectivity index (χ3v) is 6.67. The van der Waals surface area contributed by atoms with E-state index in [1.807, 2.05) is 17.0 Å². The molecule has 0 aromatic heterocycles. The van der Waals surface area contributed by atoms with Crippen LogP contribution >= 0.6 is 0 Å². The molecule has 5 nitrogen and oxygen atoms in total. The Morgan fingerprint density at radius 3 is 2.54 bits per heavy atom. The fourth-order valence-electron chi connectivity index (χ4n) is 3.61. The number of carbonyl (C=O) groups is 1. The van der Waals surface area contributed by atoms with Crippen molar-refractivity contribution in [3.63, 3.8) is 0 Å². The van der Waals surface area contributed by atoms with Gasteiger partial charge < -0.3 is 4.74 Å². The highest BCUT2D eigenvalue weighted by atomic mass is 32.2. The van der Waals surface area contributed by atoms with Gasteiger partial charge in [0.1, 0.15) is 5.82 Å². The molecule has 1 fully saturated rings. The maximum atomic E-state index is 13.2. The minimum Gasteiger partial charge on any atom is -0.438 e. The lowest BCUT2D eigenvalue weighted by atomic mass is 10.1. The van der Waals surface area contributed by atoms with Gasteiger partial charge in [-0.25, -0.2) is 17.6 Å². The molecule has 1 saturated heterocycles. The number of halogens is 1. The summed E-state index contributed by atoms with van der Waals surface area (Å²) in [6.07, 6.45) is -0.151. The topological polar surface area (TPSA) is 63.7 Å². The van der Waals surface area contributed by atoms with Crippen molar-refractivity contribution in [2.24, 2.45) is 0 Å². The SMILES string of the molecule is O=C1OC(N(Cc2ccc(F)cc2)C2CCS(=O)(=O)C2)c2ccccc21. The molecule has 136 valence electrons. The van der Waals surface area contributed by atoms with Crippen LogP contribution in [0.1, 0.15) is 34.1 Å².